The van der Waals surface area contributed by atoms with E-state index in [0.29, 0.717) is 24.4 Å². The lowest BCUT2D eigenvalue weighted by atomic mass is 9.84. The highest BCUT2D eigenvalue weighted by atomic mass is 16.5. The van der Waals surface area contributed by atoms with Crippen LogP contribution in [0.25, 0.3) is 0 Å². The summed E-state index contributed by atoms with van der Waals surface area (Å²) in [4.78, 5) is 10.5. The van der Waals surface area contributed by atoms with Crippen LogP contribution in [0.15, 0.2) is 0 Å². The van der Waals surface area contributed by atoms with Crippen LogP contribution in [0.3, 0.4) is 0 Å². The molecule has 0 bridgehead atoms. The first kappa shape index (κ1) is 12.5. The molecule has 2 nitrogen and oxygen atoms in total. The van der Waals surface area contributed by atoms with Crippen LogP contribution in [0.4, 0.5) is 0 Å². The van der Waals surface area contributed by atoms with Crippen molar-refractivity contribution in [2.75, 3.05) is 6.61 Å². The Morgan fingerprint density at radius 1 is 1.23 bits per heavy atom. The van der Waals surface area contributed by atoms with Gasteiger partial charge in [0.05, 0.1) is 6.61 Å². The lowest BCUT2D eigenvalue weighted by Crippen LogP contribution is -2.16. The maximum atomic E-state index is 10.5. The quantitative estimate of drug-likeness (QED) is 0.617. The first-order valence-electron chi connectivity index (χ1n) is 5.08. The van der Waals surface area contributed by atoms with Crippen LogP contribution < -0.4 is 0 Å². The maximum absolute atomic E-state index is 10.5. The van der Waals surface area contributed by atoms with Gasteiger partial charge in [-0.25, -0.2) is 0 Å². The molecule has 2 heteroatoms. The Kier molecular flexibility index (Phi) is 5.76. The molecule has 0 heterocycles. The van der Waals surface area contributed by atoms with Gasteiger partial charge in [0.25, 0.3) is 0 Å². The minimum Gasteiger partial charge on any atom is -0.466 e. The fourth-order valence-corrected chi connectivity index (χ4v) is 1.31. The largest absolute Gasteiger partial charge is 0.466 e. The summed E-state index contributed by atoms with van der Waals surface area (Å²) >= 11 is 0. The Balaban J connectivity index is 3.61. The van der Waals surface area contributed by atoms with Gasteiger partial charge in [-0.1, -0.05) is 27.7 Å². The van der Waals surface area contributed by atoms with Gasteiger partial charge < -0.3 is 4.74 Å². The molecule has 0 saturated carbocycles. The lowest BCUT2D eigenvalue weighted by molar-refractivity contribution is -0.141. The van der Waals surface area contributed by atoms with Gasteiger partial charge in [0.2, 0.25) is 0 Å². The van der Waals surface area contributed by atoms with Gasteiger partial charge in [0.1, 0.15) is 0 Å². The van der Waals surface area contributed by atoms with E-state index in [1.807, 2.05) is 0 Å². The molecule has 2 unspecified atom stereocenters. The number of rotatable bonds is 5. The van der Waals surface area contributed by atoms with Crippen LogP contribution in [-0.2, 0) is 9.53 Å². The Morgan fingerprint density at radius 3 is 2.15 bits per heavy atom. The van der Waals surface area contributed by atoms with Crippen molar-refractivity contribution in [2.45, 2.75) is 41.0 Å². The van der Waals surface area contributed by atoms with E-state index in [1.165, 1.54) is 6.92 Å². The van der Waals surface area contributed by atoms with E-state index >= 15 is 0 Å². The predicted octanol–water partition coefficient (Wildman–Crippen LogP) is 2.87. The summed E-state index contributed by atoms with van der Waals surface area (Å²) in [6.07, 6.45) is 0.971. The van der Waals surface area contributed by atoms with Crippen LogP contribution in [0.1, 0.15) is 41.0 Å². The first-order chi connectivity index (χ1) is 5.95. The number of hydrogen-bond acceptors (Lipinski definition) is 2. The van der Waals surface area contributed by atoms with Gasteiger partial charge in [-0.15, -0.1) is 0 Å². The molecule has 13 heavy (non-hydrogen) atoms. The molecule has 0 aromatic heterocycles. The molecule has 2 atom stereocenters. The molecule has 0 saturated heterocycles. The summed E-state index contributed by atoms with van der Waals surface area (Å²) in [6, 6.07) is 0. The Hall–Kier alpha value is -0.530. The Bertz CT molecular complexity index is 152. The topological polar surface area (TPSA) is 26.3 Å². The van der Waals surface area contributed by atoms with Crippen molar-refractivity contribution in [3.63, 3.8) is 0 Å². The number of hydrogen-bond donors (Lipinski definition) is 0. The Labute approximate surface area is 81.7 Å². The minimum atomic E-state index is -0.176. The van der Waals surface area contributed by atoms with Crippen LogP contribution >= 0.6 is 0 Å². The lowest BCUT2D eigenvalue weighted by Gasteiger charge is -2.22. The van der Waals surface area contributed by atoms with E-state index < -0.39 is 0 Å². The van der Waals surface area contributed by atoms with Gasteiger partial charge in [0, 0.05) is 6.92 Å². The average Bonchev–Trinajstić information content (AvgIpc) is 2.02. The highest BCUT2D eigenvalue weighted by Crippen LogP contribution is 2.22. The second-order valence-electron chi connectivity index (χ2n) is 4.21. The SMILES string of the molecule is CC(=O)OCCC(C)C(C)C(C)C. The highest BCUT2D eigenvalue weighted by molar-refractivity contribution is 5.65. The zero-order valence-electron chi connectivity index (χ0n) is 9.46. The Morgan fingerprint density at radius 2 is 1.77 bits per heavy atom. The number of carbonyl (C=O) groups excluding carboxylic acids is 1. The molecule has 0 aromatic carbocycles. The molecule has 0 aliphatic carbocycles. The second kappa shape index (κ2) is 6.01. The highest BCUT2D eigenvalue weighted by Gasteiger charge is 2.15. The van der Waals surface area contributed by atoms with E-state index in [0.717, 1.165) is 6.42 Å². The molecule has 0 aliphatic heterocycles. The van der Waals surface area contributed by atoms with Crippen LogP contribution in [-0.4, -0.2) is 12.6 Å². The normalized spacial score (nSPS) is 15.5. The van der Waals surface area contributed by atoms with Crippen molar-refractivity contribution in [1.82, 2.24) is 0 Å². The maximum Gasteiger partial charge on any atom is 0.302 e. The second-order valence-corrected chi connectivity index (χ2v) is 4.21. The minimum absolute atomic E-state index is 0.176. The van der Waals surface area contributed by atoms with Crippen LogP contribution in [0.5, 0.6) is 0 Å². The van der Waals surface area contributed by atoms with Crippen molar-refractivity contribution in [3.05, 3.63) is 0 Å². The smallest absolute Gasteiger partial charge is 0.302 e. The molecule has 0 amide bonds. The molecular formula is C11H22O2. The van der Waals surface area contributed by atoms with Crippen molar-refractivity contribution in [1.29, 1.82) is 0 Å². The average molecular weight is 186 g/mol. The van der Waals surface area contributed by atoms with E-state index in [9.17, 15) is 4.79 Å². The van der Waals surface area contributed by atoms with Gasteiger partial charge in [-0.05, 0) is 24.2 Å². The van der Waals surface area contributed by atoms with Gasteiger partial charge in [-0.3, -0.25) is 4.79 Å². The standard InChI is InChI=1S/C11H22O2/c1-8(2)10(4)9(3)6-7-13-11(5)12/h8-10H,6-7H2,1-5H3. The van der Waals surface area contributed by atoms with Gasteiger partial charge in [0.15, 0.2) is 0 Å². The molecule has 0 N–H and O–H groups in total. The number of carbonyl (C=O) groups is 1. The fraction of sp³-hybridized carbons (Fsp3) is 0.909. The molecule has 0 aliphatic rings. The van der Waals surface area contributed by atoms with Crippen molar-refractivity contribution >= 4 is 5.97 Å². The van der Waals surface area contributed by atoms with E-state index in [4.69, 9.17) is 4.74 Å². The van der Waals surface area contributed by atoms with E-state index in [1.54, 1.807) is 0 Å². The predicted molar refractivity (Wildman–Crippen MR) is 54.4 cm³/mol. The summed E-state index contributed by atoms with van der Waals surface area (Å²) in [6.45, 7) is 10.9. The summed E-state index contributed by atoms with van der Waals surface area (Å²) in [5.41, 5.74) is 0. The van der Waals surface area contributed by atoms with Crippen LogP contribution in [0.2, 0.25) is 0 Å². The number of esters is 1. The zero-order valence-corrected chi connectivity index (χ0v) is 9.46. The number of ether oxygens (including phenoxy) is 1. The molecule has 78 valence electrons. The summed E-state index contributed by atoms with van der Waals surface area (Å²) in [7, 11) is 0. The molecule has 0 fully saturated rings. The zero-order chi connectivity index (χ0) is 10.4. The first-order valence-corrected chi connectivity index (χ1v) is 5.08. The molecule has 0 radical (unpaired) electrons. The molecule has 0 rings (SSSR count). The van der Waals surface area contributed by atoms with Gasteiger partial charge in [-0.2, -0.15) is 0 Å². The fourth-order valence-electron chi connectivity index (χ4n) is 1.31. The molecular weight excluding hydrogens is 164 g/mol. The third-order valence-electron chi connectivity index (χ3n) is 2.83. The van der Waals surface area contributed by atoms with Crippen molar-refractivity contribution in [2.24, 2.45) is 17.8 Å². The molecule has 0 aromatic rings. The summed E-state index contributed by atoms with van der Waals surface area (Å²) in [5, 5.41) is 0. The summed E-state index contributed by atoms with van der Waals surface area (Å²) in [5.74, 6) is 1.84. The monoisotopic (exact) mass is 186 g/mol. The van der Waals surface area contributed by atoms with Gasteiger partial charge >= 0.3 is 5.97 Å². The third kappa shape index (κ3) is 5.67. The third-order valence-corrected chi connectivity index (χ3v) is 2.83. The van der Waals surface area contributed by atoms with E-state index in [2.05, 4.69) is 27.7 Å². The van der Waals surface area contributed by atoms with Crippen LogP contribution in [0, 0.1) is 17.8 Å². The van der Waals surface area contributed by atoms with Crippen molar-refractivity contribution < 1.29 is 9.53 Å². The van der Waals surface area contributed by atoms with Crippen molar-refractivity contribution in [3.8, 4) is 0 Å². The van der Waals surface area contributed by atoms with E-state index in [-0.39, 0.29) is 5.97 Å². The summed E-state index contributed by atoms with van der Waals surface area (Å²) < 4.78 is 4.90. The molecule has 0 spiro atoms.